The van der Waals surface area contributed by atoms with Crippen LogP contribution in [0.5, 0.6) is 5.75 Å². The number of Topliss-reactive ketones (excluding diaryl/α,β-unsaturated/α-hetero) is 1. The molecule has 4 unspecified atom stereocenters. The summed E-state index contributed by atoms with van der Waals surface area (Å²) in [4.78, 5) is 12.8. The molecule has 0 aliphatic heterocycles. The van der Waals surface area contributed by atoms with Gasteiger partial charge in [0.05, 0.1) is 0 Å². The zero-order valence-corrected chi connectivity index (χ0v) is 13.6. The number of carbonyl (C=O) groups excluding carboxylic acids is 1. The molecule has 0 saturated heterocycles. The molecule has 118 valence electrons. The van der Waals surface area contributed by atoms with Crippen LogP contribution < -0.4 is 0 Å². The van der Waals surface area contributed by atoms with Crippen LogP contribution in [0.2, 0.25) is 0 Å². The fraction of sp³-hybridized carbons (Fsp3) is 0.650. The van der Waals surface area contributed by atoms with E-state index in [0.717, 1.165) is 32.1 Å². The van der Waals surface area contributed by atoms with E-state index in [4.69, 9.17) is 0 Å². The number of aryl methyl sites for hydroxylation is 1. The topological polar surface area (TPSA) is 37.3 Å². The Bertz CT molecular complexity index is 620. The largest absolute Gasteiger partial charge is 0.508 e. The van der Waals surface area contributed by atoms with Crippen LogP contribution in [-0.4, -0.2) is 10.9 Å². The van der Waals surface area contributed by atoms with Crippen LogP contribution in [0.1, 0.15) is 63.0 Å². The zero-order valence-electron chi connectivity index (χ0n) is 13.6. The molecular formula is C20H26O2. The summed E-state index contributed by atoms with van der Waals surface area (Å²) in [6.07, 6.45) is 6.55. The number of ketones is 1. The van der Waals surface area contributed by atoms with Crippen LogP contribution in [0.15, 0.2) is 18.2 Å². The third-order valence-corrected chi connectivity index (χ3v) is 7.06. The third kappa shape index (κ3) is 1.82. The highest BCUT2D eigenvalue weighted by molar-refractivity contribution is 5.89. The first-order valence-corrected chi connectivity index (χ1v) is 8.90. The molecule has 1 N–H and O–H groups in total. The molecule has 0 spiro atoms. The van der Waals surface area contributed by atoms with Crippen LogP contribution in [-0.2, 0) is 11.2 Å². The minimum Gasteiger partial charge on any atom is -0.508 e. The normalized spacial score (nSPS) is 40.0. The molecule has 22 heavy (non-hydrogen) atoms. The van der Waals surface area contributed by atoms with Crippen molar-refractivity contribution in [3.63, 3.8) is 0 Å². The Kier molecular flexibility index (Phi) is 3.15. The van der Waals surface area contributed by atoms with E-state index in [2.05, 4.69) is 19.9 Å². The van der Waals surface area contributed by atoms with E-state index in [1.807, 2.05) is 12.1 Å². The van der Waals surface area contributed by atoms with Gasteiger partial charge in [-0.05, 0) is 79.5 Å². The van der Waals surface area contributed by atoms with Gasteiger partial charge in [0.2, 0.25) is 0 Å². The van der Waals surface area contributed by atoms with Gasteiger partial charge >= 0.3 is 0 Å². The zero-order chi connectivity index (χ0) is 15.5. The maximum absolute atomic E-state index is 12.8. The van der Waals surface area contributed by atoms with Crippen molar-refractivity contribution in [1.82, 2.24) is 0 Å². The number of phenolic OH excluding ortho intramolecular Hbond substituents is 1. The monoisotopic (exact) mass is 298 g/mol. The Balaban J connectivity index is 1.70. The maximum Gasteiger partial charge on any atom is 0.142 e. The third-order valence-electron chi connectivity index (χ3n) is 7.06. The molecule has 4 rings (SSSR count). The van der Waals surface area contributed by atoms with Crippen molar-refractivity contribution in [3.05, 3.63) is 29.3 Å². The molecule has 2 fully saturated rings. The smallest absolute Gasteiger partial charge is 0.142 e. The molecule has 1 aromatic rings. The SMILES string of the molecule is CCC1CC2C3CCc4cc(O)ccc4C3CC[C@]2(C)C1=O. The van der Waals surface area contributed by atoms with Crippen molar-refractivity contribution < 1.29 is 9.90 Å². The summed E-state index contributed by atoms with van der Waals surface area (Å²) in [7, 11) is 0. The molecule has 1 aromatic carbocycles. The molecule has 3 aliphatic rings. The van der Waals surface area contributed by atoms with Crippen LogP contribution >= 0.6 is 0 Å². The first kappa shape index (κ1) is 14.3. The van der Waals surface area contributed by atoms with E-state index in [1.54, 1.807) is 0 Å². The molecule has 0 radical (unpaired) electrons. The van der Waals surface area contributed by atoms with Gasteiger partial charge in [-0.3, -0.25) is 4.79 Å². The van der Waals surface area contributed by atoms with Gasteiger partial charge in [0.1, 0.15) is 11.5 Å². The predicted octanol–water partition coefficient (Wildman–Crippen LogP) is 4.45. The lowest BCUT2D eigenvalue weighted by molar-refractivity contribution is -0.132. The van der Waals surface area contributed by atoms with Crippen molar-refractivity contribution in [2.45, 2.75) is 58.3 Å². The van der Waals surface area contributed by atoms with Crippen LogP contribution in [0.25, 0.3) is 0 Å². The number of hydrogen-bond donors (Lipinski definition) is 1. The van der Waals surface area contributed by atoms with Gasteiger partial charge in [-0.2, -0.15) is 0 Å². The molecule has 0 amide bonds. The first-order chi connectivity index (χ1) is 10.5. The van der Waals surface area contributed by atoms with Crippen LogP contribution in [0.3, 0.4) is 0 Å². The number of phenols is 1. The summed E-state index contributed by atoms with van der Waals surface area (Å²) in [5.41, 5.74) is 2.72. The molecule has 3 aliphatic carbocycles. The van der Waals surface area contributed by atoms with Gasteiger partial charge in [-0.1, -0.05) is 19.9 Å². The molecule has 5 atom stereocenters. The Morgan fingerprint density at radius 1 is 1.32 bits per heavy atom. The van der Waals surface area contributed by atoms with E-state index in [0.29, 0.717) is 35.2 Å². The molecule has 0 heterocycles. The Hall–Kier alpha value is -1.31. The standard InChI is InChI=1S/C20H26O2/c1-3-12-11-18-17-6-4-13-10-14(21)5-7-15(13)16(17)8-9-20(18,2)19(12)22/h5,7,10,12,16-18,21H,3-4,6,8-9,11H2,1-2H3/t12?,16?,17?,18?,20-/m0/s1. The Morgan fingerprint density at radius 3 is 2.91 bits per heavy atom. The molecule has 2 heteroatoms. The lowest BCUT2D eigenvalue weighted by Gasteiger charge is -2.48. The van der Waals surface area contributed by atoms with E-state index < -0.39 is 0 Å². The van der Waals surface area contributed by atoms with E-state index in [-0.39, 0.29) is 5.41 Å². The maximum atomic E-state index is 12.8. The molecule has 0 bridgehead atoms. The summed E-state index contributed by atoms with van der Waals surface area (Å²) in [5.74, 6) is 3.08. The second-order valence-electron chi connectivity index (χ2n) is 7.96. The van der Waals surface area contributed by atoms with E-state index >= 15 is 0 Å². The molecule has 0 aromatic heterocycles. The average Bonchev–Trinajstić information content (AvgIpc) is 2.78. The van der Waals surface area contributed by atoms with Gasteiger partial charge in [0.25, 0.3) is 0 Å². The lowest BCUT2D eigenvalue weighted by atomic mass is 9.55. The van der Waals surface area contributed by atoms with Gasteiger partial charge in [-0.15, -0.1) is 0 Å². The van der Waals surface area contributed by atoms with Crippen molar-refractivity contribution >= 4 is 5.78 Å². The molecule has 2 saturated carbocycles. The highest BCUT2D eigenvalue weighted by atomic mass is 16.3. The number of carbonyl (C=O) groups is 1. The fourth-order valence-corrected chi connectivity index (χ4v) is 5.86. The fourth-order valence-electron chi connectivity index (χ4n) is 5.86. The Labute approximate surface area is 132 Å². The lowest BCUT2D eigenvalue weighted by Crippen LogP contribution is -2.42. The predicted molar refractivity (Wildman–Crippen MR) is 86.9 cm³/mol. The van der Waals surface area contributed by atoms with Gasteiger partial charge in [0.15, 0.2) is 0 Å². The van der Waals surface area contributed by atoms with Crippen LogP contribution in [0, 0.1) is 23.2 Å². The first-order valence-electron chi connectivity index (χ1n) is 8.90. The number of benzene rings is 1. The highest BCUT2D eigenvalue weighted by Crippen LogP contribution is 2.61. The number of aromatic hydroxyl groups is 1. The van der Waals surface area contributed by atoms with Crippen molar-refractivity contribution in [3.8, 4) is 5.75 Å². The summed E-state index contributed by atoms with van der Waals surface area (Å²) in [5, 5.41) is 9.73. The number of rotatable bonds is 1. The molecular weight excluding hydrogens is 272 g/mol. The van der Waals surface area contributed by atoms with Crippen molar-refractivity contribution in [1.29, 1.82) is 0 Å². The minimum atomic E-state index is -0.0593. The number of fused-ring (bicyclic) bond motifs is 5. The van der Waals surface area contributed by atoms with Gasteiger partial charge < -0.3 is 5.11 Å². The summed E-state index contributed by atoms with van der Waals surface area (Å²) in [6.45, 7) is 4.41. The van der Waals surface area contributed by atoms with Crippen molar-refractivity contribution in [2.75, 3.05) is 0 Å². The van der Waals surface area contributed by atoms with E-state index in [9.17, 15) is 9.90 Å². The van der Waals surface area contributed by atoms with Crippen molar-refractivity contribution in [2.24, 2.45) is 23.2 Å². The number of hydrogen-bond acceptors (Lipinski definition) is 2. The van der Waals surface area contributed by atoms with Crippen LogP contribution in [0.4, 0.5) is 0 Å². The summed E-state index contributed by atoms with van der Waals surface area (Å²) >= 11 is 0. The van der Waals surface area contributed by atoms with E-state index in [1.165, 1.54) is 17.5 Å². The second-order valence-corrected chi connectivity index (χ2v) is 7.96. The summed E-state index contributed by atoms with van der Waals surface area (Å²) < 4.78 is 0. The van der Waals surface area contributed by atoms with Gasteiger partial charge in [-0.25, -0.2) is 0 Å². The Morgan fingerprint density at radius 2 is 2.14 bits per heavy atom. The second kappa shape index (κ2) is 4.84. The molecule has 2 nitrogen and oxygen atoms in total. The average molecular weight is 298 g/mol. The van der Waals surface area contributed by atoms with Gasteiger partial charge in [0, 0.05) is 11.3 Å². The summed E-state index contributed by atoms with van der Waals surface area (Å²) in [6, 6.07) is 5.93. The quantitative estimate of drug-likeness (QED) is 0.831. The minimum absolute atomic E-state index is 0.0593. The highest BCUT2D eigenvalue weighted by Gasteiger charge is 2.57.